The number of nitrogens with one attached hydrogen (secondary N) is 1. The predicted molar refractivity (Wildman–Crippen MR) is 72.0 cm³/mol. The Bertz CT molecular complexity index is 472. The van der Waals surface area contributed by atoms with E-state index in [9.17, 15) is 9.59 Å². The Morgan fingerprint density at radius 1 is 1.53 bits per heavy atom. The molecule has 1 aromatic rings. The standard InChI is InChI=1S/C13H18N2O3S/c1-8-3-2-4-9(5-8)12(16)14-6-11-15-10(7-19-11)13(17)18/h7-9H,2-6H2,1H3,(H,14,16)(H,17,18)/t8-,9-/m0/s1. The van der Waals surface area contributed by atoms with E-state index in [4.69, 9.17) is 5.11 Å². The molecule has 19 heavy (non-hydrogen) atoms. The largest absolute Gasteiger partial charge is 0.476 e. The van der Waals surface area contributed by atoms with Crippen molar-refractivity contribution in [3.63, 3.8) is 0 Å². The van der Waals surface area contributed by atoms with E-state index in [-0.39, 0.29) is 17.5 Å². The summed E-state index contributed by atoms with van der Waals surface area (Å²) in [7, 11) is 0. The molecule has 5 nitrogen and oxygen atoms in total. The third-order valence-corrected chi connectivity index (χ3v) is 4.34. The van der Waals surface area contributed by atoms with Gasteiger partial charge in [-0.25, -0.2) is 9.78 Å². The maximum atomic E-state index is 12.0. The third-order valence-electron chi connectivity index (χ3n) is 3.49. The molecule has 1 heterocycles. The highest BCUT2D eigenvalue weighted by atomic mass is 32.1. The minimum absolute atomic E-state index is 0.0422. The minimum atomic E-state index is -1.03. The van der Waals surface area contributed by atoms with E-state index < -0.39 is 5.97 Å². The van der Waals surface area contributed by atoms with Crippen molar-refractivity contribution in [1.82, 2.24) is 10.3 Å². The molecule has 1 amide bonds. The number of carbonyl (C=O) groups is 2. The van der Waals surface area contributed by atoms with Gasteiger partial charge in [0.1, 0.15) is 5.01 Å². The Morgan fingerprint density at radius 2 is 2.32 bits per heavy atom. The molecule has 0 saturated heterocycles. The van der Waals surface area contributed by atoms with Crippen LogP contribution in [0.2, 0.25) is 0 Å². The fourth-order valence-electron chi connectivity index (χ4n) is 2.47. The smallest absolute Gasteiger partial charge is 0.355 e. The highest BCUT2D eigenvalue weighted by Crippen LogP contribution is 2.28. The molecule has 0 aromatic carbocycles. The van der Waals surface area contributed by atoms with Crippen molar-refractivity contribution < 1.29 is 14.7 Å². The van der Waals surface area contributed by atoms with Crippen LogP contribution in [0.25, 0.3) is 0 Å². The van der Waals surface area contributed by atoms with Crippen LogP contribution in [0.4, 0.5) is 0 Å². The van der Waals surface area contributed by atoms with Crippen LogP contribution in [0, 0.1) is 11.8 Å². The monoisotopic (exact) mass is 282 g/mol. The fourth-order valence-corrected chi connectivity index (χ4v) is 3.18. The number of aromatic carboxylic acids is 1. The molecule has 0 spiro atoms. The lowest BCUT2D eigenvalue weighted by atomic mass is 9.82. The molecule has 1 fully saturated rings. The first kappa shape index (κ1) is 14.0. The lowest BCUT2D eigenvalue weighted by Crippen LogP contribution is -2.33. The van der Waals surface area contributed by atoms with Crippen LogP contribution in [0.3, 0.4) is 0 Å². The average Bonchev–Trinajstić information content (AvgIpc) is 2.85. The van der Waals surface area contributed by atoms with Crippen LogP contribution in [0.1, 0.15) is 48.1 Å². The summed E-state index contributed by atoms with van der Waals surface area (Å²) in [5.74, 6) is -0.251. The number of thiazole rings is 1. The summed E-state index contributed by atoms with van der Waals surface area (Å²) >= 11 is 1.26. The highest BCUT2D eigenvalue weighted by molar-refractivity contribution is 7.09. The second-order valence-corrected chi connectivity index (χ2v) is 6.06. The normalized spacial score (nSPS) is 23.0. The molecule has 0 bridgehead atoms. The van der Waals surface area contributed by atoms with Crippen LogP contribution < -0.4 is 5.32 Å². The first-order valence-electron chi connectivity index (χ1n) is 6.51. The molecule has 104 valence electrons. The number of rotatable bonds is 4. The number of aromatic nitrogens is 1. The van der Waals surface area contributed by atoms with Crippen LogP contribution in [0.5, 0.6) is 0 Å². The van der Waals surface area contributed by atoms with E-state index in [1.54, 1.807) is 0 Å². The van der Waals surface area contributed by atoms with Gasteiger partial charge in [-0.15, -0.1) is 11.3 Å². The van der Waals surface area contributed by atoms with Gasteiger partial charge in [-0.2, -0.15) is 0 Å². The average molecular weight is 282 g/mol. The molecule has 1 aromatic heterocycles. The van der Waals surface area contributed by atoms with Crippen LogP contribution in [-0.2, 0) is 11.3 Å². The Labute approximate surface area is 116 Å². The van der Waals surface area contributed by atoms with Gasteiger partial charge >= 0.3 is 5.97 Å². The molecule has 2 atom stereocenters. The Hall–Kier alpha value is -1.43. The van der Waals surface area contributed by atoms with Gasteiger partial charge in [-0.1, -0.05) is 19.8 Å². The van der Waals surface area contributed by atoms with Crippen molar-refractivity contribution in [2.75, 3.05) is 0 Å². The number of carboxylic acids is 1. The van der Waals surface area contributed by atoms with Gasteiger partial charge in [0.25, 0.3) is 0 Å². The SMILES string of the molecule is C[C@H]1CCC[C@H](C(=O)NCc2nc(C(=O)O)cs2)C1. The van der Waals surface area contributed by atoms with Crippen molar-refractivity contribution in [2.24, 2.45) is 11.8 Å². The van der Waals surface area contributed by atoms with Gasteiger partial charge < -0.3 is 10.4 Å². The van der Waals surface area contributed by atoms with Crippen molar-refractivity contribution in [1.29, 1.82) is 0 Å². The zero-order chi connectivity index (χ0) is 13.8. The van der Waals surface area contributed by atoms with Crippen molar-refractivity contribution in [3.05, 3.63) is 16.1 Å². The molecular weight excluding hydrogens is 264 g/mol. The second-order valence-electron chi connectivity index (χ2n) is 5.12. The van der Waals surface area contributed by atoms with Gasteiger partial charge in [0, 0.05) is 11.3 Å². The minimum Gasteiger partial charge on any atom is -0.476 e. The highest BCUT2D eigenvalue weighted by Gasteiger charge is 2.24. The maximum Gasteiger partial charge on any atom is 0.355 e. The molecule has 2 rings (SSSR count). The first-order chi connectivity index (χ1) is 9.06. The number of carboxylic acid groups (broad SMARTS) is 1. The summed E-state index contributed by atoms with van der Waals surface area (Å²) in [5, 5.41) is 13.7. The Kier molecular flexibility index (Phi) is 4.52. The summed E-state index contributed by atoms with van der Waals surface area (Å²) in [6, 6.07) is 0. The van der Waals surface area contributed by atoms with E-state index in [2.05, 4.69) is 17.2 Å². The van der Waals surface area contributed by atoms with Crippen molar-refractivity contribution in [3.8, 4) is 0 Å². The number of hydrogen-bond donors (Lipinski definition) is 2. The van der Waals surface area contributed by atoms with Gasteiger partial charge in [0.05, 0.1) is 6.54 Å². The number of nitrogens with zero attached hydrogens (tertiary/aromatic N) is 1. The van der Waals surface area contributed by atoms with Crippen LogP contribution in [0.15, 0.2) is 5.38 Å². The van der Waals surface area contributed by atoms with Crippen molar-refractivity contribution >= 4 is 23.2 Å². The number of amides is 1. The number of carbonyl (C=O) groups excluding carboxylic acids is 1. The number of hydrogen-bond acceptors (Lipinski definition) is 4. The first-order valence-corrected chi connectivity index (χ1v) is 7.39. The summed E-state index contributed by atoms with van der Waals surface area (Å²) in [4.78, 5) is 26.6. The van der Waals surface area contributed by atoms with Gasteiger partial charge in [-0.05, 0) is 18.8 Å². The molecule has 0 unspecified atom stereocenters. The Morgan fingerprint density at radius 3 is 2.95 bits per heavy atom. The van der Waals surface area contributed by atoms with E-state index in [1.807, 2.05) is 0 Å². The molecule has 0 aliphatic heterocycles. The molecule has 1 aliphatic carbocycles. The Balaban J connectivity index is 1.84. The van der Waals surface area contributed by atoms with E-state index >= 15 is 0 Å². The zero-order valence-corrected chi connectivity index (χ0v) is 11.7. The van der Waals surface area contributed by atoms with E-state index in [1.165, 1.54) is 23.1 Å². The molecule has 2 N–H and O–H groups in total. The van der Waals surface area contributed by atoms with Gasteiger partial charge in [0.2, 0.25) is 5.91 Å². The van der Waals surface area contributed by atoms with Gasteiger partial charge in [-0.3, -0.25) is 4.79 Å². The van der Waals surface area contributed by atoms with Crippen molar-refractivity contribution in [2.45, 2.75) is 39.2 Å². The van der Waals surface area contributed by atoms with E-state index in [0.717, 1.165) is 19.3 Å². The third kappa shape index (κ3) is 3.76. The lowest BCUT2D eigenvalue weighted by Gasteiger charge is -2.25. The predicted octanol–water partition coefficient (Wildman–Crippen LogP) is 2.28. The summed E-state index contributed by atoms with van der Waals surface area (Å²) in [6.45, 7) is 2.50. The molecule has 1 saturated carbocycles. The second kappa shape index (κ2) is 6.14. The zero-order valence-electron chi connectivity index (χ0n) is 10.9. The lowest BCUT2D eigenvalue weighted by molar-refractivity contribution is -0.126. The maximum absolute atomic E-state index is 12.0. The summed E-state index contributed by atoms with van der Waals surface area (Å²) in [5.41, 5.74) is 0.0422. The molecule has 6 heteroatoms. The summed E-state index contributed by atoms with van der Waals surface area (Å²) < 4.78 is 0. The van der Waals surface area contributed by atoms with E-state index in [0.29, 0.717) is 17.5 Å². The van der Waals surface area contributed by atoms with Gasteiger partial charge in [0.15, 0.2) is 5.69 Å². The topological polar surface area (TPSA) is 79.3 Å². The summed E-state index contributed by atoms with van der Waals surface area (Å²) in [6.07, 6.45) is 4.22. The molecule has 1 aliphatic rings. The molecular formula is C13H18N2O3S. The fraction of sp³-hybridized carbons (Fsp3) is 0.615. The van der Waals surface area contributed by atoms with Crippen LogP contribution in [-0.4, -0.2) is 22.0 Å². The quantitative estimate of drug-likeness (QED) is 0.888. The van der Waals surface area contributed by atoms with Crippen LogP contribution >= 0.6 is 11.3 Å². The molecule has 0 radical (unpaired) electrons.